The Morgan fingerprint density at radius 1 is 0.922 bits per heavy atom. The Morgan fingerprint density at radius 2 is 1.61 bits per heavy atom. The van der Waals surface area contributed by atoms with Gasteiger partial charge in [0, 0.05) is 51.9 Å². The van der Waals surface area contributed by atoms with Gasteiger partial charge in [-0.05, 0) is 74.6 Å². The summed E-state index contributed by atoms with van der Waals surface area (Å²) in [6.45, 7) is 12.3. The topological polar surface area (TPSA) is 172 Å². The van der Waals surface area contributed by atoms with E-state index in [9.17, 15) is 32.3 Å². The molecule has 0 spiro atoms. The molecule has 64 heavy (non-hydrogen) atoms. The number of imidazole rings is 1. The zero-order chi connectivity index (χ0) is 46.7. The Balaban J connectivity index is 1.16. The molecule has 2 aliphatic heterocycles. The van der Waals surface area contributed by atoms with Gasteiger partial charge in [-0.25, -0.2) is 19.6 Å². The number of aromatic nitrogens is 3. The number of rotatable bonds is 11. The smallest absolute Gasteiger partial charge is 0.453 e. The van der Waals surface area contributed by atoms with Crippen molar-refractivity contribution in [3.8, 4) is 22.4 Å². The van der Waals surface area contributed by atoms with Gasteiger partial charge in [0.05, 0.1) is 47.4 Å². The van der Waals surface area contributed by atoms with E-state index in [0.29, 0.717) is 61.1 Å². The molecule has 2 N–H and O–H groups in total. The minimum atomic E-state index is -5.24. The normalized spacial score (nSPS) is 18.5. The summed E-state index contributed by atoms with van der Waals surface area (Å²) in [5.74, 6) is -0.667. The second-order valence-corrected chi connectivity index (χ2v) is 17.3. The third kappa shape index (κ3) is 11.2. The molecule has 4 heterocycles. The second kappa shape index (κ2) is 19.4. The van der Waals surface area contributed by atoms with Crippen molar-refractivity contribution in [2.24, 2.45) is 5.92 Å². The molecule has 4 atom stereocenters. The maximum absolute atomic E-state index is 13.8. The summed E-state index contributed by atoms with van der Waals surface area (Å²) in [4.78, 5) is 73.7. The number of anilines is 2. The van der Waals surface area contributed by atoms with Gasteiger partial charge in [0.2, 0.25) is 5.91 Å². The number of H-pyrrole nitrogens is 1. The van der Waals surface area contributed by atoms with Crippen LogP contribution in [-0.2, 0) is 23.8 Å². The van der Waals surface area contributed by atoms with E-state index in [2.05, 4.69) is 25.1 Å². The highest BCUT2D eigenvalue weighted by atomic mass is 35.5. The van der Waals surface area contributed by atoms with Gasteiger partial charge in [-0.3, -0.25) is 9.59 Å². The number of alkyl carbamates (subject to hydrolysis) is 1. The average Bonchev–Trinajstić information content (AvgIpc) is 3.92. The van der Waals surface area contributed by atoms with E-state index < -0.39 is 42.1 Å². The van der Waals surface area contributed by atoms with Crippen LogP contribution < -0.4 is 15.3 Å². The van der Waals surface area contributed by atoms with E-state index in [-0.39, 0.29) is 45.3 Å². The van der Waals surface area contributed by atoms with Crippen LogP contribution in [0.5, 0.6) is 0 Å². The molecule has 4 aromatic rings. The molecule has 16 nitrogen and oxygen atoms in total. The molecule has 6 rings (SSSR count). The molecule has 2 unspecified atom stereocenters. The predicted molar refractivity (Wildman–Crippen MR) is 231 cm³/mol. The molecule has 0 saturated carbocycles. The third-order valence-electron chi connectivity index (χ3n) is 10.8. The number of carbonyl (C=O) groups excluding carboxylic acids is 4. The number of pyridine rings is 1. The van der Waals surface area contributed by atoms with Gasteiger partial charge >= 0.3 is 18.5 Å². The highest BCUT2D eigenvalue weighted by Gasteiger charge is 2.42. The molecular formula is C44H52ClF3N8O8. The molecule has 2 aromatic heterocycles. The van der Waals surface area contributed by atoms with E-state index >= 15 is 0 Å². The van der Waals surface area contributed by atoms with E-state index in [1.54, 1.807) is 56.0 Å². The molecular weight excluding hydrogens is 861 g/mol. The summed E-state index contributed by atoms with van der Waals surface area (Å²) >= 11 is 6.58. The van der Waals surface area contributed by atoms with Crippen molar-refractivity contribution in [1.29, 1.82) is 0 Å². The van der Waals surface area contributed by atoms with Crippen LogP contribution >= 0.6 is 11.6 Å². The molecule has 2 aliphatic rings. The quantitative estimate of drug-likeness (QED) is 0.140. The number of piperazine rings is 1. The van der Waals surface area contributed by atoms with Crippen molar-refractivity contribution in [1.82, 2.24) is 30.1 Å². The maximum atomic E-state index is 13.8. The predicted octanol–water partition coefficient (Wildman–Crippen LogP) is 8.00. The lowest BCUT2D eigenvalue weighted by Gasteiger charge is -2.40. The van der Waals surface area contributed by atoms with Crippen molar-refractivity contribution in [2.45, 2.75) is 84.2 Å². The van der Waals surface area contributed by atoms with Crippen LogP contribution in [0.1, 0.15) is 70.2 Å². The lowest BCUT2D eigenvalue weighted by molar-refractivity contribution is -0.325. The average molecular weight is 913 g/mol. The Morgan fingerprint density at radius 3 is 2.19 bits per heavy atom. The monoisotopic (exact) mass is 912 g/mol. The Hall–Kier alpha value is -5.92. The summed E-state index contributed by atoms with van der Waals surface area (Å²) in [5, 5.41) is 2.54. The third-order valence-corrected chi connectivity index (χ3v) is 11.1. The number of amides is 4. The number of hydroxylamine groups is 1. The van der Waals surface area contributed by atoms with Gasteiger partial charge in [-0.15, -0.1) is 13.2 Å². The van der Waals surface area contributed by atoms with Crippen molar-refractivity contribution >= 4 is 47.1 Å². The van der Waals surface area contributed by atoms with Crippen molar-refractivity contribution in [3.63, 3.8) is 0 Å². The van der Waals surface area contributed by atoms with Gasteiger partial charge in [-0.1, -0.05) is 55.8 Å². The summed E-state index contributed by atoms with van der Waals surface area (Å²) in [5.41, 5.74) is 1.45. The molecule has 2 fully saturated rings. The zero-order valence-electron chi connectivity index (χ0n) is 36.7. The molecule has 0 aliphatic carbocycles. The number of methoxy groups -OCH3 is 2. The number of nitrogens with one attached hydrogen (secondary N) is 2. The lowest BCUT2D eigenvalue weighted by atomic mass is 10.0. The number of benzene rings is 2. The summed E-state index contributed by atoms with van der Waals surface area (Å²) in [7, 11) is 2.81. The second-order valence-electron chi connectivity index (χ2n) is 16.9. The fraction of sp³-hybridized carbons (Fsp3) is 0.455. The van der Waals surface area contributed by atoms with Crippen LogP contribution in [0, 0.1) is 5.92 Å². The fourth-order valence-corrected chi connectivity index (χ4v) is 7.85. The molecule has 344 valence electrons. The number of hydrogen-bond acceptors (Lipinski definition) is 11. The number of nitrogens with zero attached hydrogens (tertiary/aromatic N) is 6. The van der Waals surface area contributed by atoms with Crippen molar-refractivity contribution in [2.75, 3.05) is 50.4 Å². The van der Waals surface area contributed by atoms with E-state index in [0.717, 1.165) is 11.8 Å². The minimum Gasteiger partial charge on any atom is -0.453 e. The number of halogens is 4. The highest BCUT2D eigenvalue weighted by Crippen LogP contribution is 2.37. The number of aromatic amines is 1. The first-order chi connectivity index (χ1) is 30.2. The first-order valence-corrected chi connectivity index (χ1v) is 21.0. The SMILES string of the molecule is COC(=O)NC(C(=O)N1C[C@@H](OC)C[C@H]1c1ncc(-c2ccc(-c3ccc(N(OC(F)(F)F)C(=O)c4ccc(N5CCN(C(=O)OC(C)(C)C)CC5C)nc4)c(Cl)c3)cc2)[nH]1)C(C)C. The number of likely N-dealkylation sites (tertiary alicyclic amines) is 1. The molecule has 20 heteroatoms. The van der Waals surface area contributed by atoms with Crippen molar-refractivity contribution in [3.05, 3.63) is 83.4 Å². The molecule has 0 bridgehead atoms. The van der Waals surface area contributed by atoms with Crippen LogP contribution in [0.2, 0.25) is 5.02 Å². The number of alkyl halides is 3. The highest BCUT2D eigenvalue weighted by molar-refractivity contribution is 6.34. The standard InChI is InChI=1S/C44H52ClF3N8O8/c1-25(2)37(52-41(59)62-8)40(58)55-24-31(61-7)20-35(55)38-50-22-33(51-38)28-11-9-27(10-12-28)29-13-15-34(32(45)19-29)56(64-44(46,47)48)39(57)30-14-16-36(49-21-30)54-18-17-53(23-26(54)3)42(60)63-43(4,5)6/h9-16,19,21-22,25-26,31,35,37H,17-18,20,23-24H2,1-8H3,(H,50,51)(H,52,59)/t26?,31-,35-,37?/m0/s1. The first-order valence-electron chi connectivity index (χ1n) is 20.6. The zero-order valence-corrected chi connectivity index (χ0v) is 37.5. The fourth-order valence-electron chi connectivity index (χ4n) is 7.59. The lowest BCUT2D eigenvalue weighted by Crippen LogP contribution is -2.54. The number of carbonyl (C=O) groups is 4. The molecule has 2 aromatic carbocycles. The summed E-state index contributed by atoms with van der Waals surface area (Å²) < 4.78 is 57.2. The van der Waals surface area contributed by atoms with Crippen LogP contribution in [0.3, 0.4) is 0 Å². The number of hydrogen-bond donors (Lipinski definition) is 2. The molecule has 0 radical (unpaired) electrons. The number of ether oxygens (including phenoxy) is 3. The van der Waals surface area contributed by atoms with Crippen LogP contribution in [-0.4, -0.2) is 119 Å². The van der Waals surface area contributed by atoms with Gasteiger partial charge in [-0.2, -0.15) is 9.90 Å². The van der Waals surface area contributed by atoms with Gasteiger partial charge in [0.15, 0.2) is 0 Å². The Labute approximate surface area is 373 Å². The van der Waals surface area contributed by atoms with Gasteiger partial charge in [0.25, 0.3) is 5.91 Å². The van der Waals surface area contributed by atoms with Crippen LogP contribution in [0.4, 0.5) is 34.3 Å². The van der Waals surface area contributed by atoms with Crippen LogP contribution in [0.25, 0.3) is 22.4 Å². The van der Waals surface area contributed by atoms with E-state index in [1.807, 2.05) is 37.8 Å². The Bertz CT molecular complexity index is 2300. The van der Waals surface area contributed by atoms with Gasteiger partial charge < -0.3 is 39.2 Å². The van der Waals surface area contributed by atoms with Crippen LogP contribution in [0.15, 0.2) is 67.0 Å². The van der Waals surface area contributed by atoms with Crippen molar-refractivity contribution < 1.29 is 51.4 Å². The largest absolute Gasteiger partial charge is 0.544 e. The van der Waals surface area contributed by atoms with Gasteiger partial charge in [0.1, 0.15) is 23.3 Å². The maximum Gasteiger partial charge on any atom is 0.544 e. The molecule has 4 amide bonds. The first kappa shape index (κ1) is 47.6. The summed E-state index contributed by atoms with van der Waals surface area (Å²) in [6, 6.07) is 12.8. The Kier molecular flexibility index (Phi) is 14.4. The summed E-state index contributed by atoms with van der Waals surface area (Å²) in [6.07, 6.45) is -3.35. The van der Waals surface area contributed by atoms with E-state index in [4.69, 9.17) is 25.8 Å². The van der Waals surface area contributed by atoms with E-state index in [1.165, 1.54) is 37.4 Å². The minimum absolute atomic E-state index is 0.0937. The molecule has 2 saturated heterocycles.